The fourth-order valence-corrected chi connectivity index (χ4v) is 3.87. The number of aromatic nitrogens is 1. The Morgan fingerprint density at radius 3 is 2.64 bits per heavy atom. The molecule has 0 atom stereocenters. The van der Waals surface area contributed by atoms with Crippen molar-refractivity contribution < 1.29 is 19.0 Å². The number of piperazine rings is 1. The SMILES string of the molecule is COc1cc2c(Oc3cccc(C(N)=O)c3)ccnc2cc1OCCCN1CCN(C)CC1. The molecule has 0 bridgehead atoms. The fraction of sp³-hybridized carbons (Fsp3) is 0.360. The number of likely N-dealkylation sites (N-methyl/N-ethyl adjacent to an activating group) is 1. The van der Waals surface area contributed by atoms with E-state index < -0.39 is 5.91 Å². The first-order valence-corrected chi connectivity index (χ1v) is 11.1. The van der Waals surface area contributed by atoms with Gasteiger partial charge in [-0.2, -0.15) is 0 Å². The van der Waals surface area contributed by atoms with Gasteiger partial charge in [-0.25, -0.2) is 0 Å². The summed E-state index contributed by atoms with van der Waals surface area (Å²) in [4.78, 5) is 20.8. The van der Waals surface area contributed by atoms with Gasteiger partial charge in [0.1, 0.15) is 11.5 Å². The van der Waals surface area contributed by atoms with Crippen molar-refractivity contribution in [1.29, 1.82) is 0 Å². The minimum absolute atomic E-state index is 0.385. The van der Waals surface area contributed by atoms with Crippen molar-refractivity contribution in [1.82, 2.24) is 14.8 Å². The highest BCUT2D eigenvalue weighted by Crippen LogP contribution is 2.37. The maximum atomic E-state index is 11.5. The lowest BCUT2D eigenvalue weighted by atomic mass is 10.1. The highest BCUT2D eigenvalue weighted by Gasteiger charge is 2.15. The van der Waals surface area contributed by atoms with Crippen LogP contribution in [0.25, 0.3) is 10.9 Å². The van der Waals surface area contributed by atoms with Crippen LogP contribution in [0.1, 0.15) is 16.8 Å². The summed E-state index contributed by atoms with van der Waals surface area (Å²) < 4.78 is 17.7. The second-order valence-corrected chi connectivity index (χ2v) is 8.17. The topological polar surface area (TPSA) is 90.1 Å². The molecule has 1 saturated heterocycles. The summed E-state index contributed by atoms with van der Waals surface area (Å²) in [5, 5.41) is 0.781. The fourth-order valence-electron chi connectivity index (χ4n) is 3.87. The monoisotopic (exact) mass is 450 g/mol. The van der Waals surface area contributed by atoms with Gasteiger partial charge in [0.2, 0.25) is 5.91 Å². The maximum absolute atomic E-state index is 11.5. The summed E-state index contributed by atoms with van der Waals surface area (Å²) in [6, 6.07) is 12.3. The molecular weight excluding hydrogens is 420 g/mol. The second kappa shape index (κ2) is 10.5. The smallest absolute Gasteiger partial charge is 0.248 e. The number of methoxy groups -OCH3 is 1. The number of fused-ring (bicyclic) bond motifs is 1. The van der Waals surface area contributed by atoms with Gasteiger partial charge < -0.3 is 29.7 Å². The molecule has 8 heteroatoms. The number of nitrogens with zero attached hydrogens (tertiary/aromatic N) is 3. The van der Waals surface area contributed by atoms with E-state index in [1.807, 2.05) is 12.1 Å². The van der Waals surface area contributed by atoms with Crippen molar-refractivity contribution >= 4 is 16.8 Å². The van der Waals surface area contributed by atoms with Crippen molar-refractivity contribution in [3.63, 3.8) is 0 Å². The lowest BCUT2D eigenvalue weighted by Gasteiger charge is -2.32. The van der Waals surface area contributed by atoms with Gasteiger partial charge in [-0.05, 0) is 43.8 Å². The first-order valence-electron chi connectivity index (χ1n) is 11.1. The van der Waals surface area contributed by atoms with Crippen LogP contribution in [0.5, 0.6) is 23.0 Å². The number of primary amides is 1. The molecule has 1 aliphatic rings. The largest absolute Gasteiger partial charge is 0.493 e. The Labute approximate surface area is 193 Å². The van der Waals surface area contributed by atoms with E-state index in [4.69, 9.17) is 19.9 Å². The predicted octanol–water partition coefficient (Wildman–Crippen LogP) is 3.15. The zero-order chi connectivity index (χ0) is 23.2. The minimum Gasteiger partial charge on any atom is -0.493 e. The Balaban J connectivity index is 1.46. The molecule has 1 fully saturated rings. The highest BCUT2D eigenvalue weighted by atomic mass is 16.5. The maximum Gasteiger partial charge on any atom is 0.248 e. The molecule has 8 nitrogen and oxygen atoms in total. The number of carbonyl (C=O) groups is 1. The van der Waals surface area contributed by atoms with E-state index >= 15 is 0 Å². The number of hydrogen-bond donors (Lipinski definition) is 1. The second-order valence-electron chi connectivity index (χ2n) is 8.17. The zero-order valence-corrected chi connectivity index (χ0v) is 19.1. The van der Waals surface area contributed by atoms with Crippen LogP contribution in [0.15, 0.2) is 48.7 Å². The number of rotatable bonds is 9. The molecule has 4 rings (SSSR count). The van der Waals surface area contributed by atoms with Crippen molar-refractivity contribution in [2.75, 3.05) is 53.5 Å². The quantitative estimate of drug-likeness (QED) is 0.501. The Kier molecular flexibility index (Phi) is 7.26. The van der Waals surface area contributed by atoms with E-state index in [1.165, 1.54) is 0 Å². The van der Waals surface area contributed by atoms with Gasteiger partial charge in [-0.3, -0.25) is 9.78 Å². The molecule has 2 heterocycles. The molecule has 2 N–H and O–H groups in total. The standard InChI is InChI=1S/C25H30N4O4/c1-28-10-12-29(13-11-28)9-4-14-32-24-17-21-20(16-23(24)31-2)22(7-8-27-21)33-19-6-3-5-18(15-19)25(26)30/h3,5-8,15-17H,4,9-14H2,1-2H3,(H2,26,30). The Morgan fingerprint density at radius 1 is 1.06 bits per heavy atom. The molecule has 0 aliphatic carbocycles. The number of pyridine rings is 1. The van der Waals surface area contributed by atoms with Crippen LogP contribution in [-0.4, -0.2) is 74.2 Å². The third kappa shape index (κ3) is 5.71. The summed E-state index contributed by atoms with van der Waals surface area (Å²) in [5.41, 5.74) is 6.49. The molecule has 3 aromatic rings. The van der Waals surface area contributed by atoms with Crippen LogP contribution in [0.3, 0.4) is 0 Å². The Bertz CT molecular complexity index is 1110. The van der Waals surface area contributed by atoms with E-state index in [2.05, 4.69) is 21.8 Å². The van der Waals surface area contributed by atoms with E-state index in [-0.39, 0.29) is 0 Å². The van der Waals surface area contributed by atoms with Crippen molar-refractivity contribution in [2.45, 2.75) is 6.42 Å². The van der Waals surface area contributed by atoms with Gasteiger partial charge in [0.15, 0.2) is 11.5 Å². The van der Waals surface area contributed by atoms with Crippen molar-refractivity contribution in [3.8, 4) is 23.0 Å². The van der Waals surface area contributed by atoms with Gasteiger partial charge >= 0.3 is 0 Å². The summed E-state index contributed by atoms with van der Waals surface area (Å²) in [5.74, 6) is 1.88. The molecule has 1 aliphatic heterocycles. The van der Waals surface area contributed by atoms with Crippen LogP contribution >= 0.6 is 0 Å². The minimum atomic E-state index is -0.504. The number of ether oxygens (including phenoxy) is 3. The number of hydrogen-bond acceptors (Lipinski definition) is 7. The van der Waals surface area contributed by atoms with Crippen LogP contribution in [0.2, 0.25) is 0 Å². The molecular formula is C25H30N4O4. The molecule has 0 saturated carbocycles. The lowest BCUT2D eigenvalue weighted by Crippen LogP contribution is -2.44. The van der Waals surface area contributed by atoms with Crippen LogP contribution in [-0.2, 0) is 0 Å². The van der Waals surface area contributed by atoms with Gasteiger partial charge in [0.25, 0.3) is 0 Å². The van der Waals surface area contributed by atoms with Gasteiger partial charge in [-0.1, -0.05) is 6.07 Å². The van der Waals surface area contributed by atoms with E-state index in [1.54, 1.807) is 43.6 Å². The molecule has 174 valence electrons. The average molecular weight is 451 g/mol. The van der Waals surface area contributed by atoms with Crippen LogP contribution < -0.4 is 19.9 Å². The van der Waals surface area contributed by atoms with E-state index in [0.29, 0.717) is 35.2 Å². The number of carbonyl (C=O) groups excluding carboxylic acids is 1. The molecule has 0 spiro atoms. The molecule has 2 aromatic carbocycles. The predicted molar refractivity (Wildman–Crippen MR) is 127 cm³/mol. The third-order valence-electron chi connectivity index (χ3n) is 5.81. The summed E-state index contributed by atoms with van der Waals surface area (Å²) in [7, 11) is 3.78. The Hall–Kier alpha value is -3.36. The first-order chi connectivity index (χ1) is 16.0. The zero-order valence-electron chi connectivity index (χ0n) is 19.1. The molecule has 33 heavy (non-hydrogen) atoms. The van der Waals surface area contributed by atoms with Gasteiger partial charge in [0.05, 0.1) is 19.2 Å². The molecule has 1 aromatic heterocycles. The molecule has 0 radical (unpaired) electrons. The summed E-state index contributed by atoms with van der Waals surface area (Å²) >= 11 is 0. The molecule has 1 amide bonds. The molecule has 0 unspecified atom stereocenters. The van der Waals surface area contributed by atoms with Gasteiger partial charge in [-0.15, -0.1) is 0 Å². The average Bonchev–Trinajstić information content (AvgIpc) is 2.83. The third-order valence-corrected chi connectivity index (χ3v) is 5.81. The Morgan fingerprint density at radius 2 is 1.88 bits per heavy atom. The van der Waals surface area contributed by atoms with Gasteiger partial charge in [0, 0.05) is 55.9 Å². The van der Waals surface area contributed by atoms with Crippen LogP contribution in [0.4, 0.5) is 0 Å². The van der Waals surface area contributed by atoms with Crippen molar-refractivity contribution in [3.05, 3.63) is 54.2 Å². The lowest BCUT2D eigenvalue weighted by molar-refractivity contribution is 0.1000. The van der Waals surface area contributed by atoms with Crippen molar-refractivity contribution in [2.24, 2.45) is 5.73 Å². The summed E-state index contributed by atoms with van der Waals surface area (Å²) in [6.07, 6.45) is 2.62. The number of benzene rings is 2. The normalized spacial score (nSPS) is 14.8. The number of nitrogens with two attached hydrogens (primary N) is 1. The number of amides is 1. The summed E-state index contributed by atoms with van der Waals surface area (Å²) in [6.45, 7) is 6.05. The van der Waals surface area contributed by atoms with Crippen LogP contribution in [0, 0.1) is 0 Å². The van der Waals surface area contributed by atoms with E-state index in [0.717, 1.165) is 50.0 Å². The van der Waals surface area contributed by atoms with E-state index in [9.17, 15) is 4.79 Å². The first kappa shape index (κ1) is 22.8. The highest BCUT2D eigenvalue weighted by molar-refractivity contribution is 5.93.